The summed E-state index contributed by atoms with van der Waals surface area (Å²) >= 11 is 0. The van der Waals surface area contributed by atoms with E-state index >= 15 is 0 Å². The van der Waals surface area contributed by atoms with Gasteiger partial charge in [-0.1, -0.05) is 37.3 Å². The number of tetrazole rings is 1. The first-order chi connectivity index (χ1) is 18.1. The van der Waals surface area contributed by atoms with E-state index in [1.54, 1.807) is 7.11 Å². The molecule has 2 aromatic heterocycles. The number of aromatic amines is 1. The van der Waals surface area contributed by atoms with Gasteiger partial charge in [-0.25, -0.2) is 4.68 Å². The second kappa shape index (κ2) is 11.7. The van der Waals surface area contributed by atoms with Crippen molar-refractivity contribution < 1.29 is 9.47 Å². The van der Waals surface area contributed by atoms with Crippen molar-refractivity contribution in [3.8, 4) is 5.75 Å². The highest BCUT2D eigenvalue weighted by atomic mass is 16.5. The van der Waals surface area contributed by atoms with E-state index in [1.165, 1.54) is 5.56 Å². The van der Waals surface area contributed by atoms with Gasteiger partial charge in [-0.05, 0) is 65.9 Å². The highest BCUT2D eigenvalue weighted by Crippen LogP contribution is 2.27. The van der Waals surface area contributed by atoms with Crippen LogP contribution in [0.4, 0.5) is 0 Å². The molecular formula is C28H34N6O3. The summed E-state index contributed by atoms with van der Waals surface area (Å²) < 4.78 is 13.3. The van der Waals surface area contributed by atoms with E-state index in [-0.39, 0.29) is 17.7 Å². The number of methoxy groups -OCH3 is 1. The standard InChI is InChI=1S/C28H34N6O3/c1-3-26(27-30-31-32-34(27)14-13-20-8-5-4-6-9-20)33(19-24-10-7-15-37-24)18-22-16-21-17-23(36-2)11-12-25(21)29-28(22)35/h4-6,8-9,11-12,16-17,24,26H,3,7,10,13-15,18-19H2,1-2H3,(H,29,35)/t24-,26+/m0/s1. The van der Waals surface area contributed by atoms with Gasteiger partial charge in [0.15, 0.2) is 5.82 Å². The number of ether oxygens (including phenoxy) is 2. The Morgan fingerprint density at radius 2 is 2.08 bits per heavy atom. The molecule has 4 aromatic rings. The second-order valence-electron chi connectivity index (χ2n) is 9.56. The van der Waals surface area contributed by atoms with E-state index in [1.807, 2.05) is 47.1 Å². The first-order valence-electron chi connectivity index (χ1n) is 13.0. The summed E-state index contributed by atoms with van der Waals surface area (Å²) in [5, 5.41) is 13.7. The van der Waals surface area contributed by atoms with Gasteiger partial charge in [0.05, 0.1) is 19.3 Å². The van der Waals surface area contributed by atoms with Gasteiger partial charge in [-0.2, -0.15) is 0 Å². The normalized spacial score (nSPS) is 16.5. The zero-order valence-electron chi connectivity index (χ0n) is 21.5. The number of nitrogens with one attached hydrogen (secondary N) is 1. The van der Waals surface area contributed by atoms with E-state index in [9.17, 15) is 4.79 Å². The first kappa shape index (κ1) is 25.1. The molecule has 0 amide bonds. The molecule has 0 bridgehead atoms. The predicted octanol–water partition coefficient (Wildman–Crippen LogP) is 3.90. The molecule has 37 heavy (non-hydrogen) atoms. The molecule has 1 fully saturated rings. The Balaban J connectivity index is 1.44. The average molecular weight is 503 g/mol. The fourth-order valence-corrected chi connectivity index (χ4v) is 5.14. The minimum atomic E-state index is -0.0893. The van der Waals surface area contributed by atoms with Gasteiger partial charge in [0, 0.05) is 42.7 Å². The molecule has 2 atom stereocenters. The molecule has 194 valence electrons. The second-order valence-corrected chi connectivity index (χ2v) is 9.56. The summed E-state index contributed by atoms with van der Waals surface area (Å²) in [5.41, 5.74) is 2.64. The van der Waals surface area contributed by atoms with Crippen molar-refractivity contribution in [1.29, 1.82) is 0 Å². The Morgan fingerprint density at radius 3 is 2.84 bits per heavy atom. The molecule has 0 unspecified atom stereocenters. The number of benzene rings is 2. The highest BCUT2D eigenvalue weighted by Gasteiger charge is 2.29. The number of rotatable bonds is 11. The third-order valence-corrected chi connectivity index (χ3v) is 7.10. The van der Waals surface area contributed by atoms with Crippen molar-refractivity contribution in [2.75, 3.05) is 20.3 Å². The molecular weight excluding hydrogens is 468 g/mol. The maximum atomic E-state index is 13.1. The van der Waals surface area contributed by atoms with Gasteiger partial charge < -0.3 is 14.5 Å². The average Bonchev–Trinajstić information content (AvgIpc) is 3.61. The van der Waals surface area contributed by atoms with E-state index < -0.39 is 0 Å². The number of H-pyrrole nitrogens is 1. The number of fused-ring (bicyclic) bond motifs is 1. The van der Waals surface area contributed by atoms with E-state index in [4.69, 9.17) is 9.47 Å². The Labute approximate surface area is 216 Å². The fourth-order valence-electron chi connectivity index (χ4n) is 5.14. The Kier molecular flexibility index (Phi) is 7.91. The maximum absolute atomic E-state index is 13.1. The van der Waals surface area contributed by atoms with Gasteiger partial charge in [-0.3, -0.25) is 9.69 Å². The highest BCUT2D eigenvalue weighted by molar-refractivity contribution is 5.80. The largest absolute Gasteiger partial charge is 0.497 e. The van der Waals surface area contributed by atoms with Crippen molar-refractivity contribution in [3.63, 3.8) is 0 Å². The molecule has 9 heteroatoms. The van der Waals surface area contributed by atoms with Crippen molar-refractivity contribution in [2.45, 2.75) is 57.8 Å². The van der Waals surface area contributed by atoms with Gasteiger partial charge >= 0.3 is 0 Å². The number of nitrogens with zero attached hydrogens (tertiary/aromatic N) is 5. The van der Waals surface area contributed by atoms with Crippen molar-refractivity contribution in [3.05, 3.63) is 81.9 Å². The molecule has 2 aromatic carbocycles. The van der Waals surface area contributed by atoms with Crippen LogP contribution in [0.15, 0.2) is 59.4 Å². The topological polar surface area (TPSA) is 98.2 Å². The van der Waals surface area contributed by atoms with E-state index in [0.717, 1.165) is 54.8 Å². The lowest BCUT2D eigenvalue weighted by molar-refractivity contribution is 0.0488. The van der Waals surface area contributed by atoms with E-state index in [2.05, 4.69) is 44.5 Å². The van der Waals surface area contributed by atoms with Crippen LogP contribution in [0.25, 0.3) is 10.9 Å². The molecule has 5 rings (SSSR count). The molecule has 1 N–H and O–H groups in total. The minimum Gasteiger partial charge on any atom is -0.497 e. The third kappa shape index (κ3) is 5.89. The molecule has 9 nitrogen and oxygen atoms in total. The smallest absolute Gasteiger partial charge is 0.252 e. The molecule has 1 aliphatic rings. The maximum Gasteiger partial charge on any atom is 0.252 e. The van der Waals surface area contributed by atoms with Crippen LogP contribution in [0.2, 0.25) is 0 Å². The van der Waals surface area contributed by atoms with Crippen molar-refractivity contribution in [2.24, 2.45) is 0 Å². The summed E-state index contributed by atoms with van der Waals surface area (Å²) in [4.78, 5) is 18.4. The lowest BCUT2D eigenvalue weighted by atomic mass is 10.1. The molecule has 0 spiro atoms. The Bertz CT molecular complexity index is 1360. The molecule has 1 aliphatic heterocycles. The number of aromatic nitrogens is 5. The number of aryl methyl sites for hydroxylation is 2. The van der Waals surface area contributed by atoms with Crippen LogP contribution in [0.1, 0.15) is 49.2 Å². The summed E-state index contributed by atoms with van der Waals surface area (Å²) in [6.45, 7) is 4.78. The summed E-state index contributed by atoms with van der Waals surface area (Å²) in [5.74, 6) is 1.57. The quantitative estimate of drug-likeness (QED) is 0.332. The van der Waals surface area contributed by atoms with Crippen LogP contribution >= 0.6 is 0 Å². The van der Waals surface area contributed by atoms with Gasteiger partial charge in [-0.15, -0.1) is 5.10 Å². The molecule has 0 radical (unpaired) electrons. The van der Waals surface area contributed by atoms with Crippen LogP contribution in [-0.4, -0.2) is 56.5 Å². The SMILES string of the molecule is CC[C@H](c1nnnn1CCc1ccccc1)N(Cc1cc2cc(OC)ccc2[nH]c1=O)C[C@@H]1CCCO1. The predicted molar refractivity (Wildman–Crippen MR) is 141 cm³/mol. The fraction of sp³-hybridized carbons (Fsp3) is 0.429. The number of hydrogen-bond donors (Lipinski definition) is 1. The summed E-state index contributed by atoms with van der Waals surface area (Å²) in [7, 11) is 1.64. The van der Waals surface area contributed by atoms with Gasteiger partial charge in [0.1, 0.15) is 5.75 Å². The first-order valence-corrected chi connectivity index (χ1v) is 13.0. The molecule has 0 aliphatic carbocycles. The van der Waals surface area contributed by atoms with E-state index in [0.29, 0.717) is 25.2 Å². The lowest BCUT2D eigenvalue weighted by Crippen LogP contribution is -2.37. The van der Waals surface area contributed by atoms with Crippen LogP contribution < -0.4 is 10.3 Å². The van der Waals surface area contributed by atoms with Gasteiger partial charge in [0.25, 0.3) is 5.56 Å². The van der Waals surface area contributed by atoms with Crippen LogP contribution in [-0.2, 0) is 24.2 Å². The Hall–Kier alpha value is -3.56. The third-order valence-electron chi connectivity index (χ3n) is 7.10. The van der Waals surface area contributed by atoms with Gasteiger partial charge in [0.2, 0.25) is 0 Å². The number of pyridine rings is 1. The number of hydrogen-bond acceptors (Lipinski definition) is 7. The van der Waals surface area contributed by atoms with Crippen LogP contribution in [0.3, 0.4) is 0 Å². The molecule has 1 saturated heterocycles. The Morgan fingerprint density at radius 1 is 1.22 bits per heavy atom. The lowest BCUT2D eigenvalue weighted by Gasteiger charge is -2.32. The monoisotopic (exact) mass is 502 g/mol. The van der Waals surface area contributed by atoms with Crippen LogP contribution in [0.5, 0.6) is 5.75 Å². The summed E-state index contributed by atoms with van der Waals surface area (Å²) in [6, 6.07) is 17.9. The van der Waals surface area contributed by atoms with Crippen molar-refractivity contribution >= 4 is 10.9 Å². The zero-order valence-corrected chi connectivity index (χ0v) is 21.5. The summed E-state index contributed by atoms with van der Waals surface area (Å²) in [6.07, 6.45) is 3.84. The zero-order chi connectivity index (χ0) is 25.6. The molecule has 0 saturated carbocycles. The molecule has 3 heterocycles. The van der Waals surface area contributed by atoms with Crippen molar-refractivity contribution in [1.82, 2.24) is 30.1 Å². The van der Waals surface area contributed by atoms with Crippen LogP contribution in [0, 0.1) is 0 Å². The minimum absolute atomic E-state index is 0.0598.